The number of aryl methyl sites for hydroxylation is 1. The fourth-order valence-electron chi connectivity index (χ4n) is 7.20. The summed E-state index contributed by atoms with van der Waals surface area (Å²) in [7, 11) is 0. The molecule has 2 N–H and O–H groups in total. The van der Waals surface area contributed by atoms with Crippen LogP contribution in [0.15, 0.2) is 18.3 Å². The molecule has 6 rings (SSSR count). The molecule has 4 aliphatic rings. The van der Waals surface area contributed by atoms with Gasteiger partial charge in [-0.3, -0.25) is 14.3 Å². The number of amides is 2. The summed E-state index contributed by atoms with van der Waals surface area (Å²) in [6, 6.07) is 2.23. The van der Waals surface area contributed by atoms with E-state index in [0.29, 0.717) is 40.8 Å². The Hall–Kier alpha value is -2.12. The van der Waals surface area contributed by atoms with Gasteiger partial charge >= 0.3 is 0 Å². The summed E-state index contributed by atoms with van der Waals surface area (Å²) in [4.78, 5) is 26.5. The van der Waals surface area contributed by atoms with Gasteiger partial charge in [0.1, 0.15) is 5.82 Å². The van der Waals surface area contributed by atoms with E-state index in [-0.39, 0.29) is 34.2 Å². The molecule has 2 aromatic rings. The first-order valence-electron chi connectivity index (χ1n) is 14.1. The van der Waals surface area contributed by atoms with Crippen LogP contribution < -0.4 is 10.6 Å². The van der Waals surface area contributed by atoms with Gasteiger partial charge in [0.05, 0.1) is 33.5 Å². The van der Waals surface area contributed by atoms with Crippen molar-refractivity contribution in [1.82, 2.24) is 20.4 Å². The smallest absolute Gasteiger partial charge is 0.254 e. The molecule has 2 bridgehead atoms. The van der Waals surface area contributed by atoms with Gasteiger partial charge in [-0.15, -0.1) is 0 Å². The van der Waals surface area contributed by atoms with Crippen molar-refractivity contribution >= 4 is 35.0 Å². The van der Waals surface area contributed by atoms with Crippen LogP contribution in [0.1, 0.15) is 105 Å². The Morgan fingerprint density at radius 1 is 1.18 bits per heavy atom. The van der Waals surface area contributed by atoms with E-state index in [1.165, 1.54) is 12.1 Å². The monoisotopic (exact) mass is 560 g/mol. The number of nitrogens with zero attached hydrogens (tertiary/aromatic N) is 2. The summed E-state index contributed by atoms with van der Waals surface area (Å²) < 4.78 is 17.1. The van der Waals surface area contributed by atoms with Gasteiger partial charge in [0.15, 0.2) is 0 Å². The molecule has 1 aromatic carbocycles. The maximum atomic E-state index is 15.2. The minimum atomic E-state index is -0.507. The van der Waals surface area contributed by atoms with Gasteiger partial charge in [-0.2, -0.15) is 5.10 Å². The van der Waals surface area contributed by atoms with Crippen molar-refractivity contribution in [3.63, 3.8) is 0 Å². The van der Waals surface area contributed by atoms with Crippen LogP contribution in [0, 0.1) is 23.1 Å². The molecule has 1 atom stereocenters. The Labute approximate surface area is 233 Å². The van der Waals surface area contributed by atoms with E-state index in [1.807, 2.05) is 4.68 Å². The number of hydrogen-bond donors (Lipinski definition) is 2. The van der Waals surface area contributed by atoms with Crippen molar-refractivity contribution in [3.05, 3.63) is 51.0 Å². The summed E-state index contributed by atoms with van der Waals surface area (Å²) in [5.41, 5.74) is 1.84. The second-order valence-electron chi connectivity index (χ2n) is 12.0. The van der Waals surface area contributed by atoms with Crippen LogP contribution in [0.2, 0.25) is 10.0 Å². The zero-order valence-electron chi connectivity index (χ0n) is 21.7. The predicted octanol–water partition coefficient (Wildman–Crippen LogP) is 6.56. The van der Waals surface area contributed by atoms with E-state index in [2.05, 4.69) is 22.7 Å². The highest BCUT2D eigenvalue weighted by molar-refractivity contribution is 6.42. The molecule has 0 aliphatic heterocycles. The standard InChI is InChI=1S/C29H35Cl2FN4O2/c1-2-11-36-25(17-3-4-17)20(15-33-36)28(38)34-19-12-18(13-19)27(37)35-26(29-9-7-16(14-29)8-10-29)23-22(32)6-5-21(30)24(23)31/h5-6,15-19,26H,2-4,7-14H2,1H3,(H,34,38)(H,35,37)/t16?,18?,19?,26-,29?/m1/s1. The number of aromatic nitrogens is 2. The Balaban J connectivity index is 1.13. The number of fused-ring (bicyclic) bond motifs is 2. The Morgan fingerprint density at radius 3 is 2.55 bits per heavy atom. The van der Waals surface area contributed by atoms with Gasteiger partial charge in [0.25, 0.3) is 5.91 Å². The average Bonchev–Trinajstić information content (AvgIpc) is 3.30. The molecule has 204 valence electrons. The maximum Gasteiger partial charge on any atom is 0.254 e. The molecule has 4 fully saturated rings. The van der Waals surface area contributed by atoms with Crippen molar-refractivity contribution in [1.29, 1.82) is 0 Å². The lowest BCUT2D eigenvalue weighted by Gasteiger charge is -2.41. The quantitative estimate of drug-likeness (QED) is 0.341. The van der Waals surface area contributed by atoms with Crippen LogP contribution in [0.5, 0.6) is 0 Å². The molecular weight excluding hydrogens is 526 g/mol. The third-order valence-electron chi connectivity index (χ3n) is 9.43. The normalized spacial score (nSPS) is 28.7. The van der Waals surface area contributed by atoms with Crippen LogP contribution in [0.25, 0.3) is 0 Å². The molecule has 9 heteroatoms. The van der Waals surface area contributed by atoms with E-state index in [0.717, 1.165) is 63.6 Å². The van der Waals surface area contributed by atoms with E-state index in [1.54, 1.807) is 6.20 Å². The Morgan fingerprint density at radius 2 is 1.92 bits per heavy atom. The number of benzene rings is 1. The van der Waals surface area contributed by atoms with E-state index in [9.17, 15) is 9.59 Å². The number of carbonyl (C=O) groups is 2. The van der Waals surface area contributed by atoms with Crippen molar-refractivity contribution in [2.45, 2.75) is 95.7 Å². The average molecular weight is 562 g/mol. The van der Waals surface area contributed by atoms with Crippen molar-refractivity contribution < 1.29 is 14.0 Å². The number of rotatable bonds is 9. The molecule has 1 heterocycles. The van der Waals surface area contributed by atoms with Crippen LogP contribution in [0.3, 0.4) is 0 Å². The van der Waals surface area contributed by atoms with Gasteiger partial charge in [-0.1, -0.05) is 30.1 Å². The fourth-order valence-corrected chi connectivity index (χ4v) is 7.63. The molecular formula is C29H35Cl2FN4O2. The summed E-state index contributed by atoms with van der Waals surface area (Å²) in [6.45, 7) is 2.92. The molecule has 0 radical (unpaired) electrons. The molecule has 0 saturated heterocycles. The zero-order valence-corrected chi connectivity index (χ0v) is 23.3. The van der Waals surface area contributed by atoms with Crippen LogP contribution in [0.4, 0.5) is 4.39 Å². The lowest BCUT2D eigenvalue weighted by molar-refractivity contribution is -0.130. The Kier molecular flexibility index (Phi) is 6.96. The lowest BCUT2D eigenvalue weighted by atomic mass is 9.73. The molecule has 1 aromatic heterocycles. The summed E-state index contributed by atoms with van der Waals surface area (Å²) in [5.74, 6) is 0.181. The lowest BCUT2D eigenvalue weighted by Crippen LogP contribution is -2.51. The molecule has 0 unspecified atom stereocenters. The topological polar surface area (TPSA) is 76.0 Å². The molecule has 4 aliphatic carbocycles. The van der Waals surface area contributed by atoms with Gasteiger partial charge in [0, 0.05) is 30.0 Å². The summed E-state index contributed by atoms with van der Waals surface area (Å²) in [6.07, 6.45) is 11.0. The molecule has 38 heavy (non-hydrogen) atoms. The second kappa shape index (κ2) is 10.1. The second-order valence-corrected chi connectivity index (χ2v) is 12.8. The molecule has 6 nitrogen and oxygen atoms in total. The number of carbonyl (C=O) groups excluding carboxylic acids is 2. The largest absolute Gasteiger partial charge is 0.349 e. The van der Waals surface area contributed by atoms with Crippen molar-refractivity contribution in [3.8, 4) is 0 Å². The third-order valence-corrected chi connectivity index (χ3v) is 10.3. The van der Waals surface area contributed by atoms with Gasteiger partial charge in [-0.05, 0) is 87.7 Å². The highest BCUT2D eigenvalue weighted by atomic mass is 35.5. The predicted molar refractivity (Wildman–Crippen MR) is 145 cm³/mol. The first-order valence-corrected chi connectivity index (χ1v) is 14.9. The number of hydrogen-bond acceptors (Lipinski definition) is 3. The molecule has 2 amide bonds. The van der Waals surface area contributed by atoms with Gasteiger partial charge in [-0.25, -0.2) is 4.39 Å². The van der Waals surface area contributed by atoms with Crippen LogP contribution in [-0.2, 0) is 11.3 Å². The molecule has 0 spiro atoms. The maximum absolute atomic E-state index is 15.2. The van der Waals surface area contributed by atoms with Crippen molar-refractivity contribution in [2.75, 3.05) is 0 Å². The van der Waals surface area contributed by atoms with Crippen molar-refractivity contribution in [2.24, 2.45) is 17.3 Å². The zero-order chi connectivity index (χ0) is 26.6. The summed E-state index contributed by atoms with van der Waals surface area (Å²) in [5, 5.41) is 11.3. The first kappa shape index (κ1) is 26.1. The van der Waals surface area contributed by atoms with Gasteiger partial charge < -0.3 is 10.6 Å². The highest BCUT2D eigenvalue weighted by Crippen LogP contribution is 2.61. The molecule has 4 saturated carbocycles. The van der Waals surface area contributed by atoms with E-state index >= 15 is 4.39 Å². The highest BCUT2D eigenvalue weighted by Gasteiger charge is 2.52. The minimum absolute atomic E-state index is 0.0646. The van der Waals surface area contributed by atoms with Gasteiger partial charge in [0.2, 0.25) is 5.91 Å². The third kappa shape index (κ3) is 4.64. The van der Waals surface area contributed by atoms with Crippen LogP contribution in [-0.4, -0.2) is 27.6 Å². The SMILES string of the molecule is CCCn1ncc(C(=O)NC2CC(C(=O)N[C@H](c3c(F)ccc(Cl)c3Cl)C34CCC(CC3)C4)C2)c1C1CC1. The van der Waals surface area contributed by atoms with E-state index < -0.39 is 11.9 Å². The summed E-state index contributed by atoms with van der Waals surface area (Å²) >= 11 is 12.8. The van der Waals surface area contributed by atoms with Crippen LogP contribution >= 0.6 is 23.2 Å². The fraction of sp³-hybridized carbons (Fsp3) is 0.621. The Bertz CT molecular complexity index is 1250. The first-order chi connectivity index (χ1) is 18.3. The minimum Gasteiger partial charge on any atom is -0.349 e. The van der Waals surface area contributed by atoms with E-state index in [4.69, 9.17) is 23.2 Å². The number of halogens is 3. The number of nitrogens with one attached hydrogen (secondary N) is 2.